The molecule has 19 nitrogen and oxygen atoms in total. The number of carbonyl (C=O) groups excluding carboxylic acids is 6. The van der Waals surface area contributed by atoms with Crippen LogP contribution < -0.4 is 20.7 Å². The highest BCUT2D eigenvalue weighted by Gasteiger charge is 2.33. The molecule has 384 valence electrons. The Morgan fingerprint density at radius 1 is 0.750 bits per heavy atom. The molecule has 20 heteroatoms. The number of amides is 4. The second-order valence-electron chi connectivity index (χ2n) is 16.1. The molecule has 1 aromatic heterocycles. The topological polar surface area (TPSA) is 248 Å². The first-order valence-electron chi connectivity index (χ1n) is 23.5. The quantitative estimate of drug-likeness (QED) is 0.00827. The van der Waals surface area contributed by atoms with Gasteiger partial charge in [-0.2, -0.15) is 0 Å². The summed E-state index contributed by atoms with van der Waals surface area (Å²) in [4.78, 5) is 94.9. The first-order chi connectivity index (χ1) is 34.8. The normalized spacial score (nSPS) is 13.1. The van der Waals surface area contributed by atoms with Crippen LogP contribution in [0.3, 0.4) is 0 Å². The van der Waals surface area contributed by atoms with Crippen molar-refractivity contribution in [2.75, 3.05) is 20.1 Å². The van der Waals surface area contributed by atoms with Gasteiger partial charge in [0, 0.05) is 5.56 Å². The molecule has 4 N–H and O–H groups in total. The van der Waals surface area contributed by atoms with Crippen molar-refractivity contribution in [1.29, 1.82) is 0 Å². The molecule has 4 aromatic carbocycles. The van der Waals surface area contributed by atoms with Crippen molar-refractivity contribution < 1.29 is 70.7 Å². The predicted molar refractivity (Wildman–Crippen MR) is 262 cm³/mol. The third kappa shape index (κ3) is 17.9. The van der Waals surface area contributed by atoms with Gasteiger partial charge in [0.15, 0.2) is 12.6 Å². The molecule has 0 saturated heterocycles. The molecule has 4 atom stereocenters. The van der Waals surface area contributed by atoms with E-state index in [1.807, 2.05) is 19.1 Å². The van der Waals surface area contributed by atoms with E-state index in [1.165, 1.54) is 24.3 Å². The summed E-state index contributed by atoms with van der Waals surface area (Å²) < 4.78 is 45.0. The minimum absolute atomic E-state index is 0.0357. The van der Waals surface area contributed by atoms with E-state index < -0.39 is 68.7 Å². The molecule has 0 aliphatic heterocycles. The largest absolute Gasteiger partial charge is 0.493 e. The Morgan fingerprint density at radius 3 is 2.00 bits per heavy atom. The van der Waals surface area contributed by atoms with E-state index in [2.05, 4.69) is 16.0 Å². The Hall–Kier alpha value is -7.15. The van der Waals surface area contributed by atoms with E-state index in [1.54, 1.807) is 98.8 Å². The number of ether oxygens (including phenoxy) is 3. The predicted octanol–water partition coefficient (Wildman–Crippen LogP) is 7.78. The number of phosphoric ester groups is 1. The zero-order valence-corrected chi connectivity index (χ0v) is 41.3. The minimum Gasteiger partial charge on any atom is -0.493 e. The minimum atomic E-state index is -4.57. The van der Waals surface area contributed by atoms with Gasteiger partial charge in [0.2, 0.25) is 12.3 Å². The Labute approximate surface area is 418 Å². The van der Waals surface area contributed by atoms with Gasteiger partial charge in [-0.1, -0.05) is 130 Å². The molecule has 5 rings (SSSR count). The van der Waals surface area contributed by atoms with E-state index in [4.69, 9.17) is 32.5 Å². The van der Waals surface area contributed by atoms with E-state index in [0.717, 1.165) is 23.5 Å². The van der Waals surface area contributed by atoms with Crippen LogP contribution in [0.4, 0.5) is 0 Å². The summed E-state index contributed by atoms with van der Waals surface area (Å²) in [6.07, 6.45) is 2.77. The molecule has 4 amide bonds. The lowest BCUT2D eigenvalue weighted by atomic mass is 9.90. The van der Waals surface area contributed by atoms with Crippen LogP contribution in [0.2, 0.25) is 0 Å². The van der Waals surface area contributed by atoms with Crippen molar-refractivity contribution in [1.82, 2.24) is 21.0 Å². The van der Waals surface area contributed by atoms with Crippen LogP contribution in [0.25, 0.3) is 11.3 Å². The molecule has 0 spiro atoms. The number of unbranched alkanes of at least 4 members (excludes halogenated alkanes) is 2. The lowest BCUT2D eigenvalue weighted by Crippen LogP contribution is -2.48. The summed E-state index contributed by atoms with van der Waals surface area (Å²) in [5.41, 5.74) is 2.55. The number of rotatable bonds is 31. The average Bonchev–Trinajstić information content (AvgIpc) is 3.90. The maximum atomic E-state index is 13.8. The Kier molecular flexibility index (Phi) is 22.7. The number of hydrogen-bond acceptors (Lipinski definition) is 14. The fourth-order valence-electron chi connectivity index (χ4n) is 7.28. The monoisotopic (exact) mass is 1010 g/mol. The molecular weight excluding hydrogens is 952 g/mol. The van der Waals surface area contributed by atoms with Gasteiger partial charge in [0.25, 0.3) is 11.8 Å². The number of esters is 2. The zero-order chi connectivity index (χ0) is 51.7. The second kappa shape index (κ2) is 29.3. The fraction of sp³-hybridized carbons (Fsp3) is 0.346. The summed E-state index contributed by atoms with van der Waals surface area (Å²) in [7, 11) is -4.57. The van der Waals surface area contributed by atoms with Crippen molar-refractivity contribution in [2.24, 2.45) is 5.92 Å². The highest BCUT2D eigenvalue weighted by molar-refractivity contribution is 7.47. The van der Waals surface area contributed by atoms with Crippen molar-refractivity contribution in [3.8, 4) is 17.1 Å². The SMILES string of the molecule is CCCCCC(C(=O)NCNC(=O)c1ccc(-c2ccc(C(=O)N[C@@H](CC(=O)OCc3ccccc3)C(=O)OCc3ccccc3)c(OCC)c2)o1)C(CC)N(C=O)OCOP(=O)(O)OCc1ccccc1. The summed E-state index contributed by atoms with van der Waals surface area (Å²) >= 11 is 0. The van der Waals surface area contributed by atoms with Gasteiger partial charge in [0.1, 0.15) is 30.8 Å². The van der Waals surface area contributed by atoms with Crippen LogP contribution in [0, 0.1) is 5.92 Å². The number of hydroxylamine groups is 2. The van der Waals surface area contributed by atoms with Gasteiger partial charge in [-0.15, -0.1) is 0 Å². The summed E-state index contributed by atoms with van der Waals surface area (Å²) in [5, 5.41) is 8.78. The van der Waals surface area contributed by atoms with Crippen LogP contribution >= 0.6 is 7.82 Å². The van der Waals surface area contributed by atoms with Crippen LogP contribution in [0.15, 0.2) is 126 Å². The van der Waals surface area contributed by atoms with Gasteiger partial charge in [-0.25, -0.2) is 19.3 Å². The highest BCUT2D eigenvalue weighted by Crippen LogP contribution is 2.44. The number of phosphoric acid groups is 1. The molecule has 0 bridgehead atoms. The first-order valence-corrected chi connectivity index (χ1v) is 25.0. The summed E-state index contributed by atoms with van der Waals surface area (Å²) in [6.45, 7) is 4.16. The number of nitrogens with one attached hydrogen (secondary N) is 3. The summed E-state index contributed by atoms with van der Waals surface area (Å²) in [5.74, 6) is -4.03. The number of furan rings is 1. The molecule has 0 fully saturated rings. The molecule has 0 aliphatic rings. The number of benzene rings is 4. The second-order valence-corrected chi connectivity index (χ2v) is 17.6. The van der Waals surface area contributed by atoms with Gasteiger partial charge in [0.05, 0.1) is 43.8 Å². The van der Waals surface area contributed by atoms with Crippen molar-refractivity contribution >= 4 is 43.9 Å². The maximum absolute atomic E-state index is 13.8. The van der Waals surface area contributed by atoms with Crippen LogP contribution in [0.1, 0.15) is 96.9 Å². The lowest BCUT2D eigenvalue weighted by Gasteiger charge is -2.32. The molecule has 3 unspecified atom stereocenters. The number of carbonyl (C=O) groups is 6. The molecule has 0 aliphatic carbocycles. The molecular formula is C52H61N4O15P. The highest BCUT2D eigenvalue weighted by atomic mass is 31.2. The summed E-state index contributed by atoms with van der Waals surface area (Å²) in [6, 6.07) is 31.9. The van der Waals surface area contributed by atoms with Crippen molar-refractivity contribution in [3.63, 3.8) is 0 Å². The van der Waals surface area contributed by atoms with Crippen molar-refractivity contribution in [3.05, 3.63) is 149 Å². The van der Waals surface area contributed by atoms with Crippen molar-refractivity contribution in [2.45, 2.75) is 91.2 Å². The molecule has 5 aromatic rings. The van der Waals surface area contributed by atoms with E-state index >= 15 is 0 Å². The fourth-order valence-corrected chi connectivity index (χ4v) is 7.85. The van der Waals surface area contributed by atoms with Gasteiger partial charge < -0.3 is 39.5 Å². The maximum Gasteiger partial charge on any atom is 0.474 e. The Morgan fingerprint density at radius 2 is 1.39 bits per heavy atom. The van der Waals surface area contributed by atoms with Crippen LogP contribution in [-0.4, -0.2) is 78.2 Å². The third-order valence-corrected chi connectivity index (χ3v) is 11.9. The average molecular weight is 1010 g/mol. The standard InChI is InChI=1S/C52H61N4O15P/c1-4-7-11-24-41(44(5-2)56(35-57)68-36-70-72(63,64)69-33-39-22-16-10-17-23-39)49(59)53-34-54-51(61)46-28-27-45(71-46)40-25-26-42(47(29-40)65-6-3)50(60)55-43(52(62)67-32-38-20-14-9-15-21-38)30-48(58)66-31-37-18-12-8-13-19-37/h8-10,12-23,25-29,35,41,43-44H,4-7,11,24,30-34,36H2,1-3H3,(H,53,59)(H,54,61)(H,55,60)(H,63,64)/t41?,43-,44?/m0/s1. The number of nitrogens with zero attached hydrogens (tertiary/aromatic N) is 1. The molecule has 0 saturated carbocycles. The Balaban J connectivity index is 1.19. The van der Waals surface area contributed by atoms with Crippen LogP contribution in [0.5, 0.6) is 5.75 Å². The van der Waals surface area contributed by atoms with Gasteiger partial charge in [-0.3, -0.25) is 33.0 Å². The van der Waals surface area contributed by atoms with E-state index in [-0.39, 0.29) is 62.4 Å². The van der Waals surface area contributed by atoms with Gasteiger partial charge in [-0.05, 0) is 60.7 Å². The zero-order valence-electron chi connectivity index (χ0n) is 40.4. The van der Waals surface area contributed by atoms with E-state index in [9.17, 15) is 38.2 Å². The first kappa shape index (κ1) is 55.8. The van der Waals surface area contributed by atoms with Crippen LogP contribution in [-0.2, 0) is 66.9 Å². The molecule has 1 heterocycles. The number of hydrogen-bond donors (Lipinski definition) is 4. The van der Waals surface area contributed by atoms with E-state index in [0.29, 0.717) is 35.9 Å². The molecule has 72 heavy (non-hydrogen) atoms. The molecule has 0 radical (unpaired) electrons. The third-order valence-electron chi connectivity index (χ3n) is 11.0. The lowest BCUT2D eigenvalue weighted by molar-refractivity contribution is -0.221. The van der Waals surface area contributed by atoms with Gasteiger partial charge >= 0.3 is 19.8 Å². The Bertz CT molecular complexity index is 2560. The smallest absolute Gasteiger partial charge is 0.474 e.